The lowest BCUT2D eigenvalue weighted by molar-refractivity contribution is -0.127. The van der Waals surface area contributed by atoms with E-state index in [9.17, 15) is 4.79 Å². The fourth-order valence-electron chi connectivity index (χ4n) is 2.67. The lowest BCUT2D eigenvalue weighted by atomic mass is 9.89. The molecule has 5 heteroatoms. The Hall–Kier alpha value is -1.36. The summed E-state index contributed by atoms with van der Waals surface area (Å²) in [6, 6.07) is 0.291. The van der Waals surface area contributed by atoms with E-state index in [2.05, 4.69) is 43.2 Å². The molecule has 1 unspecified atom stereocenters. The monoisotopic (exact) mass is 278 g/mol. The summed E-state index contributed by atoms with van der Waals surface area (Å²) in [5, 5.41) is 10.7. The number of hydrogen-bond donors (Lipinski definition) is 2. The van der Waals surface area contributed by atoms with E-state index in [0.717, 1.165) is 26.1 Å². The molecule has 5 nitrogen and oxygen atoms in total. The Labute approximate surface area is 121 Å². The van der Waals surface area contributed by atoms with Gasteiger partial charge in [0.05, 0.1) is 6.20 Å². The standard InChI is InChI=1S/C15H26N4O/c1-11(10-19-7-5-6-13(19)20)16-8-12-9-17-18-14(12)15(2,3)4/h9,11,16H,5-8,10H2,1-4H3,(H,17,18). The molecule has 1 aromatic rings. The molecule has 0 spiro atoms. The third-order valence-electron chi connectivity index (χ3n) is 3.77. The van der Waals surface area contributed by atoms with Gasteiger partial charge in [-0.3, -0.25) is 9.89 Å². The van der Waals surface area contributed by atoms with Crippen LogP contribution in [0.2, 0.25) is 0 Å². The first kappa shape index (κ1) is 15.0. The minimum absolute atomic E-state index is 0.0711. The number of amides is 1. The van der Waals surface area contributed by atoms with Crippen LogP contribution in [-0.2, 0) is 16.8 Å². The van der Waals surface area contributed by atoms with Crippen LogP contribution in [0.3, 0.4) is 0 Å². The van der Waals surface area contributed by atoms with Gasteiger partial charge in [0, 0.05) is 48.8 Å². The lowest BCUT2D eigenvalue weighted by Gasteiger charge is -2.23. The second kappa shape index (κ2) is 5.95. The number of aromatic amines is 1. The van der Waals surface area contributed by atoms with E-state index in [0.29, 0.717) is 12.5 Å². The van der Waals surface area contributed by atoms with E-state index in [1.54, 1.807) is 0 Å². The number of nitrogens with zero attached hydrogens (tertiary/aromatic N) is 2. The summed E-state index contributed by atoms with van der Waals surface area (Å²) >= 11 is 0. The molecule has 0 saturated carbocycles. The third kappa shape index (κ3) is 3.60. The number of hydrogen-bond acceptors (Lipinski definition) is 3. The van der Waals surface area contributed by atoms with Crippen molar-refractivity contribution in [3.05, 3.63) is 17.5 Å². The normalized spacial score (nSPS) is 17.8. The SMILES string of the molecule is CC(CN1CCCC1=O)NCc1cn[nH]c1C(C)(C)C. The second-order valence-electron chi connectivity index (χ2n) is 6.75. The largest absolute Gasteiger partial charge is 0.341 e. The van der Waals surface area contributed by atoms with Crippen LogP contribution in [0.4, 0.5) is 0 Å². The van der Waals surface area contributed by atoms with Crippen molar-refractivity contribution in [3.63, 3.8) is 0 Å². The molecule has 2 heterocycles. The molecule has 1 saturated heterocycles. The number of H-pyrrole nitrogens is 1. The van der Waals surface area contributed by atoms with Crippen LogP contribution in [0, 0.1) is 0 Å². The minimum Gasteiger partial charge on any atom is -0.341 e. The quantitative estimate of drug-likeness (QED) is 0.863. The zero-order valence-electron chi connectivity index (χ0n) is 13.0. The highest BCUT2D eigenvalue weighted by molar-refractivity contribution is 5.78. The topological polar surface area (TPSA) is 61.0 Å². The summed E-state index contributed by atoms with van der Waals surface area (Å²) in [5.74, 6) is 0.289. The molecule has 2 rings (SSSR count). The van der Waals surface area contributed by atoms with Gasteiger partial charge in [0.1, 0.15) is 0 Å². The van der Waals surface area contributed by atoms with Gasteiger partial charge >= 0.3 is 0 Å². The molecule has 1 aliphatic heterocycles. The fourth-order valence-corrected chi connectivity index (χ4v) is 2.67. The van der Waals surface area contributed by atoms with Gasteiger partial charge in [-0.15, -0.1) is 0 Å². The van der Waals surface area contributed by atoms with Crippen LogP contribution >= 0.6 is 0 Å². The average Bonchev–Trinajstić information content (AvgIpc) is 2.96. The van der Waals surface area contributed by atoms with Crippen molar-refractivity contribution in [2.45, 2.75) is 58.5 Å². The first-order valence-electron chi connectivity index (χ1n) is 7.42. The maximum absolute atomic E-state index is 11.6. The van der Waals surface area contributed by atoms with Crippen LogP contribution < -0.4 is 5.32 Å². The molecular weight excluding hydrogens is 252 g/mol. The Morgan fingerprint density at radius 3 is 2.85 bits per heavy atom. The molecule has 112 valence electrons. The molecule has 0 aromatic carbocycles. The van der Waals surface area contributed by atoms with Gasteiger partial charge in [-0.1, -0.05) is 20.8 Å². The van der Waals surface area contributed by atoms with Crippen molar-refractivity contribution < 1.29 is 4.79 Å². The van der Waals surface area contributed by atoms with Gasteiger partial charge in [0.15, 0.2) is 0 Å². The van der Waals surface area contributed by atoms with Crippen molar-refractivity contribution in [3.8, 4) is 0 Å². The van der Waals surface area contributed by atoms with Crippen molar-refractivity contribution >= 4 is 5.91 Å². The molecule has 0 bridgehead atoms. The summed E-state index contributed by atoms with van der Waals surface area (Å²) in [7, 11) is 0. The molecule has 0 aliphatic carbocycles. The smallest absolute Gasteiger partial charge is 0.222 e. The van der Waals surface area contributed by atoms with Gasteiger partial charge in [-0.2, -0.15) is 5.10 Å². The van der Waals surface area contributed by atoms with E-state index in [1.165, 1.54) is 11.3 Å². The van der Waals surface area contributed by atoms with E-state index in [-0.39, 0.29) is 11.3 Å². The van der Waals surface area contributed by atoms with E-state index in [4.69, 9.17) is 0 Å². The van der Waals surface area contributed by atoms with E-state index >= 15 is 0 Å². The van der Waals surface area contributed by atoms with E-state index in [1.807, 2.05) is 11.1 Å². The minimum atomic E-state index is 0.0711. The second-order valence-corrected chi connectivity index (χ2v) is 6.75. The number of aromatic nitrogens is 2. The molecule has 20 heavy (non-hydrogen) atoms. The van der Waals surface area contributed by atoms with E-state index < -0.39 is 0 Å². The zero-order chi connectivity index (χ0) is 14.8. The maximum atomic E-state index is 11.6. The van der Waals surface area contributed by atoms with Crippen LogP contribution in [-0.4, -0.2) is 40.1 Å². The van der Waals surface area contributed by atoms with Crippen LogP contribution in [0.5, 0.6) is 0 Å². The first-order chi connectivity index (χ1) is 9.38. The highest BCUT2D eigenvalue weighted by Gasteiger charge is 2.23. The maximum Gasteiger partial charge on any atom is 0.222 e. The highest BCUT2D eigenvalue weighted by atomic mass is 16.2. The average molecular weight is 278 g/mol. The molecule has 1 aromatic heterocycles. The fraction of sp³-hybridized carbons (Fsp3) is 0.733. The Balaban J connectivity index is 1.86. The zero-order valence-corrected chi connectivity index (χ0v) is 13.0. The Bertz CT molecular complexity index is 461. The molecule has 2 N–H and O–H groups in total. The lowest BCUT2D eigenvalue weighted by Crippen LogP contribution is -2.39. The van der Waals surface area contributed by atoms with Crippen molar-refractivity contribution in [1.82, 2.24) is 20.4 Å². The van der Waals surface area contributed by atoms with Crippen LogP contribution in [0.15, 0.2) is 6.20 Å². The summed E-state index contributed by atoms with van der Waals surface area (Å²) in [6.07, 6.45) is 3.60. The number of nitrogens with one attached hydrogen (secondary N) is 2. The van der Waals surface area contributed by atoms with Gasteiger partial charge in [0.2, 0.25) is 5.91 Å². The number of likely N-dealkylation sites (tertiary alicyclic amines) is 1. The number of carbonyl (C=O) groups excluding carboxylic acids is 1. The van der Waals surface area contributed by atoms with Gasteiger partial charge < -0.3 is 10.2 Å². The predicted molar refractivity (Wildman–Crippen MR) is 79.4 cm³/mol. The number of rotatable bonds is 5. The molecule has 1 aliphatic rings. The predicted octanol–water partition coefficient (Wildman–Crippen LogP) is 1.81. The third-order valence-corrected chi connectivity index (χ3v) is 3.77. The van der Waals surface area contributed by atoms with Crippen molar-refractivity contribution in [1.29, 1.82) is 0 Å². The van der Waals surface area contributed by atoms with Crippen molar-refractivity contribution in [2.24, 2.45) is 0 Å². The number of carbonyl (C=O) groups is 1. The van der Waals surface area contributed by atoms with Crippen LogP contribution in [0.1, 0.15) is 51.8 Å². The Morgan fingerprint density at radius 1 is 1.50 bits per heavy atom. The van der Waals surface area contributed by atoms with Crippen molar-refractivity contribution in [2.75, 3.05) is 13.1 Å². The first-order valence-corrected chi connectivity index (χ1v) is 7.42. The Kier molecular flexibility index (Phi) is 4.48. The highest BCUT2D eigenvalue weighted by Crippen LogP contribution is 2.23. The summed E-state index contributed by atoms with van der Waals surface area (Å²) in [4.78, 5) is 13.6. The summed E-state index contributed by atoms with van der Waals surface area (Å²) < 4.78 is 0. The molecular formula is C15H26N4O. The van der Waals surface area contributed by atoms with Gasteiger partial charge in [0.25, 0.3) is 0 Å². The summed E-state index contributed by atoms with van der Waals surface area (Å²) in [6.45, 7) is 11.1. The van der Waals surface area contributed by atoms with Gasteiger partial charge in [-0.05, 0) is 13.3 Å². The van der Waals surface area contributed by atoms with Crippen LogP contribution in [0.25, 0.3) is 0 Å². The molecule has 1 amide bonds. The molecule has 1 atom stereocenters. The summed E-state index contributed by atoms with van der Waals surface area (Å²) in [5.41, 5.74) is 2.45. The molecule has 0 radical (unpaired) electrons. The van der Waals surface area contributed by atoms with Gasteiger partial charge in [-0.25, -0.2) is 0 Å². The Morgan fingerprint density at radius 2 is 2.25 bits per heavy atom. The molecule has 1 fully saturated rings.